The molecule has 0 aromatic rings. The third kappa shape index (κ3) is 0.780. The van der Waals surface area contributed by atoms with Gasteiger partial charge in [-0.1, -0.05) is 0 Å². The summed E-state index contributed by atoms with van der Waals surface area (Å²) < 4.78 is 10.8. The minimum Gasteiger partial charge on any atom is -0.350 e. The summed E-state index contributed by atoms with van der Waals surface area (Å²) >= 11 is 0. The van der Waals surface area contributed by atoms with Crippen molar-refractivity contribution in [2.24, 2.45) is 0 Å². The lowest BCUT2D eigenvalue weighted by Gasteiger charge is -2.28. The van der Waals surface area contributed by atoms with Gasteiger partial charge < -0.3 is 9.47 Å². The highest BCUT2D eigenvalue weighted by Crippen LogP contribution is 2.37. The van der Waals surface area contributed by atoms with Gasteiger partial charge in [0, 0.05) is 14.2 Å². The van der Waals surface area contributed by atoms with E-state index < -0.39 is 5.79 Å². The van der Waals surface area contributed by atoms with Gasteiger partial charge in [-0.3, -0.25) is 0 Å². The van der Waals surface area contributed by atoms with Crippen LogP contribution >= 0.6 is 0 Å². The SMILES string of the molecule is COC1(OC)C2CCC1NN2. The molecule has 2 unspecified atom stereocenters. The van der Waals surface area contributed by atoms with Gasteiger partial charge in [-0.25, -0.2) is 10.9 Å². The predicted molar refractivity (Wildman–Crippen MR) is 39.8 cm³/mol. The number of fused-ring (bicyclic) bond motifs is 2. The van der Waals surface area contributed by atoms with Crippen molar-refractivity contribution in [1.29, 1.82) is 0 Å². The largest absolute Gasteiger partial charge is 0.350 e. The molecule has 0 aromatic heterocycles. The van der Waals surface area contributed by atoms with E-state index in [9.17, 15) is 0 Å². The number of hydrogen-bond donors (Lipinski definition) is 2. The smallest absolute Gasteiger partial charge is 0.201 e. The number of nitrogens with one attached hydrogen (secondary N) is 2. The van der Waals surface area contributed by atoms with Gasteiger partial charge in [0.1, 0.15) is 0 Å². The van der Waals surface area contributed by atoms with Crippen LogP contribution in [0, 0.1) is 0 Å². The van der Waals surface area contributed by atoms with Crippen molar-refractivity contribution in [1.82, 2.24) is 10.9 Å². The Kier molecular flexibility index (Phi) is 1.64. The van der Waals surface area contributed by atoms with E-state index in [1.54, 1.807) is 14.2 Å². The maximum atomic E-state index is 5.39. The predicted octanol–water partition coefficient (Wildman–Crippen LogP) is -0.386. The molecule has 1 aliphatic carbocycles. The molecular weight excluding hydrogens is 144 g/mol. The fourth-order valence-corrected chi connectivity index (χ4v) is 2.18. The third-order valence-electron chi connectivity index (χ3n) is 2.79. The summed E-state index contributed by atoms with van der Waals surface area (Å²) in [6.07, 6.45) is 2.25. The highest BCUT2D eigenvalue weighted by Gasteiger charge is 2.56. The van der Waals surface area contributed by atoms with E-state index >= 15 is 0 Å². The van der Waals surface area contributed by atoms with Gasteiger partial charge in [0.2, 0.25) is 5.79 Å². The first-order valence-electron chi connectivity index (χ1n) is 3.95. The molecule has 0 radical (unpaired) electrons. The van der Waals surface area contributed by atoms with Gasteiger partial charge in [-0.15, -0.1) is 0 Å². The second kappa shape index (κ2) is 2.42. The van der Waals surface area contributed by atoms with E-state index in [-0.39, 0.29) is 0 Å². The molecule has 0 aromatic carbocycles. The van der Waals surface area contributed by atoms with Gasteiger partial charge in [0.15, 0.2) is 0 Å². The molecule has 1 saturated heterocycles. The van der Waals surface area contributed by atoms with Gasteiger partial charge in [0.05, 0.1) is 12.1 Å². The van der Waals surface area contributed by atoms with Crippen LogP contribution in [-0.2, 0) is 9.47 Å². The van der Waals surface area contributed by atoms with Crippen LogP contribution in [0.15, 0.2) is 0 Å². The van der Waals surface area contributed by atoms with Gasteiger partial charge in [-0.05, 0) is 12.8 Å². The number of hydrogen-bond acceptors (Lipinski definition) is 4. The Morgan fingerprint density at radius 3 is 1.73 bits per heavy atom. The van der Waals surface area contributed by atoms with Gasteiger partial charge in [-0.2, -0.15) is 0 Å². The maximum Gasteiger partial charge on any atom is 0.201 e. The lowest BCUT2D eigenvalue weighted by Crippen LogP contribution is -2.46. The normalized spacial score (nSPS) is 39.8. The second-order valence-corrected chi connectivity index (χ2v) is 3.10. The van der Waals surface area contributed by atoms with Gasteiger partial charge in [0.25, 0.3) is 0 Å². The molecule has 2 rings (SSSR count). The molecule has 1 saturated carbocycles. The molecule has 4 nitrogen and oxygen atoms in total. The Morgan fingerprint density at radius 2 is 1.55 bits per heavy atom. The van der Waals surface area contributed by atoms with Crippen molar-refractivity contribution in [3.8, 4) is 0 Å². The fraction of sp³-hybridized carbons (Fsp3) is 1.00. The first-order valence-corrected chi connectivity index (χ1v) is 3.95. The number of ether oxygens (including phenoxy) is 2. The first kappa shape index (κ1) is 7.49. The van der Waals surface area contributed by atoms with Crippen molar-refractivity contribution in [3.05, 3.63) is 0 Å². The van der Waals surface area contributed by atoms with Crippen molar-refractivity contribution < 1.29 is 9.47 Å². The molecule has 2 fully saturated rings. The minimum atomic E-state index is -0.417. The Labute approximate surface area is 66.2 Å². The quantitative estimate of drug-likeness (QED) is 0.537. The van der Waals surface area contributed by atoms with E-state index in [0.717, 1.165) is 12.8 Å². The Bertz CT molecular complexity index is 137. The van der Waals surface area contributed by atoms with E-state index in [1.165, 1.54) is 0 Å². The summed E-state index contributed by atoms with van der Waals surface area (Å²) in [7, 11) is 3.40. The summed E-state index contributed by atoms with van der Waals surface area (Å²) in [5.74, 6) is -0.417. The highest BCUT2D eigenvalue weighted by molar-refractivity contribution is 5.06. The number of rotatable bonds is 2. The van der Waals surface area contributed by atoms with Gasteiger partial charge >= 0.3 is 0 Å². The highest BCUT2D eigenvalue weighted by atomic mass is 16.7. The average Bonchev–Trinajstić information content (AvgIpc) is 2.59. The molecule has 1 heterocycles. The number of methoxy groups -OCH3 is 2. The molecule has 0 amide bonds. The Hall–Kier alpha value is -0.160. The molecule has 0 spiro atoms. The second-order valence-electron chi connectivity index (χ2n) is 3.10. The molecule has 64 valence electrons. The lowest BCUT2D eigenvalue weighted by atomic mass is 10.1. The van der Waals surface area contributed by atoms with Crippen molar-refractivity contribution in [3.63, 3.8) is 0 Å². The first-order chi connectivity index (χ1) is 5.33. The standard InChI is InChI=1S/C7H14N2O2/c1-10-7(11-2)5-3-4-6(7)9-8-5/h5-6,8-9H,3-4H2,1-2H3. The summed E-state index contributed by atoms with van der Waals surface area (Å²) in [6, 6.07) is 0.616. The van der Waals surface area contributed by atoms with Crippen LogP contribution in [0.4, 0.5) is 0 Å². The molecule has 2 atom stereocenters. The Balaban J connectivity index is 2.22. The average molecular weight is 158 g/mol. The van der Waals surface area contributed by atoms with E-state index in [1.807, 2.05) is 0 Å². The molecular formula is C7H14N2O2. The fourth-order valence-electron chi connectivity index (χ4n) is 2.18. The van der Waals surface area contributed by atoms with Crippen LogP contribution in [0.2, 0.25) is 0 Å². The lowest BCUT2D eigenvalue weighted by molar-refractivity contribution is -0.206. The summed E-state index contributed by atoms with van der Waals surface area (Å²) in [6.45, 7) is 0. The van der Waals surface area contributed by atoms with Crippen LogP contribution in [0.25, 0.3) is 0 Å². The summed E-state index contributed by atoms with van der Waals surface area (Å²) in [5, 5.41) is 0. The molecule has 2 aliphatic rings. The molecule has 4 heteroatoms. The van der Waals surface area contributed by atoms with E-state index in [0.29, 0.717) is 12.1 Å². The Morgan fingerprint density at radius 1 is 1.09 bits per heavy atom. The third-order valence-corrected chi connectivity index (χ3v) is 2.79. The van der Waals surface area contributed by atoms with E-state index in [2.05, 4.69) is 10.9 Å². The maximum absolute atomic E-state index is 5.39. The van der Waals surface area contributed by atoms with Crippen LogP contribution in [0.1, 0.15) is 12.8 Å². The zero-order valence-electron chi connectivity index (χ0n) is 6.89. The zero-order chi connectivity index (χ0) is 7.90. The van der Waals surface area contributed by atoms with E-state index in [4.69, 9.17) is 9.47 Å². The monoisotopic (exact) mass is 158 g/mol. The van der Waals surface area contributed by atoms with Crippen LogP contribution in [0.3, 0.4) is 0 Å². The summed E-state index contributed by atoms with van der Waals surface area (Å²) in [5.41, 5.74) is 6.30. The zero-order valence-corrected chi connectivity index (χ0v) is 6.89. The molecule has 1 aliphatic heterocycles. The van der Waals surface area contributed by atoms with Crippen molar-refractivity contribution in [2.75, 3.05) is 14.2 Å². The summed E-state index contributed by atoms with van der Waals surface area (Å²) in [4.78, 5) is 0. The van der Waals surface area contributed by atoms with Crippen LogP contribution < -0.4 is 10.9 Å². The topological polar surface area (TPSA) is 42.5 Å². The van der Waals surface area contributed by atoms with Crippen LogP contribution in [-0.4, -0.2) is 32.1 Å². The molecule has 2 bridgehead atoms. The van der Waals surface area contributed by atoms with Crippen molar-refractivity contribution >= 4 is 0 Å². The molecule has 2 N–H and O–H groups in total. The van der Waals surface area contributed by atoms with Crippen molar-refractivity contribution in [2.45, 2.75) is 30.7 Å². The van der Waals surface area contributed by atoms with Crippen LogP contribution in [0.5, 0.6) is 0 Å². The number of hydrazine groups is 1. The molecule has 11 heavy (non-hydrogen) atoms. The minimum absolute atomic E-state index is 0.308.